The summed E-state index contributed by atoms with van der Waals surface area (Å²) in [6.07, 6.45) is 1.25. The Morgan fingerprint density at radius 3 is 2.00 bits per heavy atom. The summed E-state index contributed by atoms with van der Waals surface area (Å²) in [6.45, 7) is 0. The van der Waals surface area contributed by atoms with E-state index in [1.165, 1.54) is 18.4 Å². The van der Waals surface area contributed by atoms with E-state index in [0.717, 1.165) is 18.2 Å². The third-order valence-corrected chi connectivity index (χ3v) is 2.62. The number of hydrogen-bond acceptors (Lipinski definition) is 7. The normalized spacial score (nSPS) is 9.91. The first-order valence-corrected chi connectivity index (χ1v) is 5.96. The van der Waals surface area contributed by atoms with E-state index < -0.39 is 33.0 Å². The van der Waals surface area contributed by atoms with Gasteiger partial charge < -0.3 is 4.42 Å². The van der Waals surface area contributed by atoms with Gasteiger partial charge in [0.25, 0.3) is 17.3 Å². The lowest BCUT2D eigenvalue weighted by Crippen LogP contribution is -2.41. The van der Waals surface area contributed by atoms with Crippen molar-refractivity contribution in [1.82, 2.24) is 10.9 Å². The summed E-state index contributed by atoms with van der Waals surface area (Å²) in [5, 5.41) is 21.5. The summed E-state index contributed by atoms with van der Waals surface area (Å²) < 4.78 is 4.79. The highest BCUT2D eigenvalue weighted by molar-refractivity contribution is 5.98. The summed E-state index contributed by atoms with van der Waals surface area (Å²) in [5.41, 5.74) is 2.38. The van der Waals surface area contributed by atoms with Gasteiger partial charge in [-0.15, -0.1) is 0 Å². The molecular formula is C12H8N4O7. The maximum absolute atomic E-state index is 11.9. The Bertz CT molecular complexity index is 752. The van der Waals surface area contributed by atoms with Crippen LogP contribution in [0.2, 0.25) is 0 Å². The van der Waals surface area contributed by atoms with Crippen molar-refractivity contribution in [3.63, 3.8) is 0 Å². The molecule has 118 valence electrons. The molecule has 0 unspecified atom stereocenters. The average molecular weight is 320 g/mol. The fourth-order valence-corrected chi connectivity index (χ4v) is 1.59. The molecular weight excluding hydrogens is 312 g/mol. The van der Waals surface area contributed by atoms with Gasteiger partial charge in [-0.25, -0.2) is 0 Å². The number of benzene rings is 1. The van der Waals surface area contributed by atoms with Gasteiger partial charge in [0.05, 0.1) is 27.7 Å². The minimum Gasteiger partial charge on any atom is -0.459 e. The largest absolute Gasteiger partial charge is 0.459 e. The lowest BCUT2D eigenvalue weighted by molar-refractivity contribution is -0.394. The van der Waals surface area contributed by atoms with Gasteiger partial charge in [0.1, 0.15) is 0 Å². The first-order valence-electron chi connectivity index (χ1n) is 5.96. The molecule has 11 nitrogen and oxygen atoms in total. The smallest absolute Gasteiger partial charge is 0.305 e. The summed E-state index contributed by atoms with van der Waals surface area (Å²) in [4.78, 5) is 43.2. The van der Waals surface area contributed by atoms with Crippen LogP contribution in [0.3, 0.4) is 0 Å². The van der Waals surface area contributed by atoms with Crippen molar-refractivity contribution in [2.24, 2.45) is 0 Å². The molecule has 1 aromatic heterocycles. The molecule has 1 aromatic carbocycles. The van der Waals surface area contributed by atoms with Gasteiger partial charge in [0, 0.05) is 12.1 Å². The van der Waals surface area contributed by atoms with Crippen molar-refractivity contribution < 1.29 is 23.9 Å². The predicted octanol–water partition coefficient (Wildman–Crippen LogP) is 1.17. The highest BCUT2D eigenvalue weighted by Crippen LogP contribution is 2.22. The zero-order valence-corrected chi connectivity index (χ0v) is 11.2. The van der Waals surface area contributed by atoms with E-state index in [1.54, 1.807) is 0 Å². The minimum absolute atomic E-state index is 0.0738. The number of hydrogen-bond donors (Lipinski definition) is 2. The number of nitro groups is 2. The fraction of sp³-hybridized carbons (Fsp3) is 0. The Kier molecular flexibility index (Phi) is 4.31. The van der Waals surface area contributed by atoms with Gasteiger partial charge in [-0.3, -0.25) is 40.7 Å². The van der Waals surface area contributed by atoms with Crippen LogP contribution >= 0.6 is 0 Å². The van der Waals surface area contributed by atoms with Crippen LogP contribution < -0.4 is 10.9 Å². The molecule has 23 heavy (non-hydrogen) atoms. The van der Waals surface area contributed by atoms with Crippen molar-refractivity contribution in [3.8, 4) is 0 Å². The number of carbonyl (C=O) groups is 2. The molecule has 0 aliphatic rings. The second-order valence-electron chi connectivity index (χ2n) is 4.14. The van der Waals surface area contributed by atoms with Crippen LogP contribution in [0, 0.1) is 20.2 Å². The molecule has 0 saturated carbocycles. The zero-order valence-electron chi connectivity index (χ0n) is 11.2. The molecule has 0 bridgehead atoms. The van der Waals surface area contributed by atoms with E-state index in [9.17, 15) is 29.8 Å². The third-order valence-electron chi connectivity index (χ3n) is 2.62. The summed E-state index contributed by atoms with van der Waals surface area (Å²) in [7, 11) is 0. The van der Waals surface area contributed by atoms with Crippen molar-refractivity contribution >= 4 is 23.2 Å². The first-order chi connectivity index (χ1) is 10.9. The van der Waals surface area contributed by atoms with Crippen LogP contribution in [0.5, 0.6) is 0 Å². The van der Waals surface area contributed by atoms with Crippen LogP contribution in [0.4, 0.5) is 11.4 Å². The highest BCUT2D eigenvalue weighted by Gasteiger charge is 2.20. The van der Waals surface area contributed by atoms with Gasteiger partial charge in [-0.05, 0) is 12.1 Å². The lowest BCUT2D eigenvalue weighted by Gasteiger charge is -2.06. The molecule has 0 atom stereocenters. The summed E-state index contributed by atoms with van der Waals surface area (Å²) in [5.74, 6) is -1.80. The van der Waals surface area contributed by atoms with Crippen LogP contribution in [0.25, 0.3) is 0 Å². The SMILES string of the molecule is O=C(NNC(=O)c1ccco1)c1cc([N+](=O)[O-])cc([N+](=O)[O-])c1. The lowest BCUT2D eigenvalue weighted by atomic mass is 10.1. The fourth-order valence-electron chi connectivity index (χ4n) is 1.59. The number of nitrogens with one attached hydrogen (secondary N) is 2. The standard InChI is InChI=1S/C12H8N4O7/c17-11(13-14-12(18)10-2-1-3-23-10)7-4-8(15(19)20)6-9(5-7)16(21)22/h1-6H,(H,13,17)(H,14,18). The van der Waals surface area contributed by atoms with Crippen molar-refractivity contribution in [1.29, 1.82) is 0 Å². The molecule has 2 amide bonds. The summed E-state index contributed by atoms with van der Waals surface area (Å²) >= 11 is 0. The van der Waals surface area contributed by atoms with E-state index in [2.05, 4.69) is 0 Å². The number of carbonyl (C=O) groups excluding carboxylic acids is 2. The number of furan rings is 1. The monoisotopic (exact) mass is 320 g/mol. The Morgan fingerprint density at radius 1 is 0.957 bits per heavy atom. The molecule has 0 radical (unpaired) electrons. The Balaban J connectivity index is 2.16. The second-order valence-corrected chi connectivity index (χ2v) is 4.14. The molecule has 0 aliphatic carbocycles. The third kappa shape index (κ3) is 3.66. The summed E-state index contributed by atoms with van der Waals surface area (Å²) in [6, 6.07) is 5.22. The topological polar surface area (TPSA) is 158 Å². The molecule has 0 spiro atoms. The minimum atomic E-state index is -0.961. The number of hydrazine groups is 1. The van der Waals surface area contributed by atoms with Crippen molar-refractivity contribution in [2.75, 3.05) is 0 Å². The van der Waals surface area contributed by atoms with Crippen LogP contribution in [-0.4, -0.2) is 21.7 Å². The molecule has 0 saturated heterocycles. The molecule has 2 N–H and O–H groups in total. The quantitative estimate of drug-likeness (QED) is 0.632. The van der Waals surface area contributed by atoms with Gasteiger partial charge in [-0.1, -0.05) is 0 Å². The van der Waals surface area contributed by atoms with Crippen molar-refractivity contribution in [3.05, 3.63) is 68.1 Å². The highest BCUT2D eigenvalue weighted by atomic mass is 16.6. The van der Waals surface area contributed by atoms with Crippen LogP contribution in [0.1, 0.15) is 20.9 Å². The van der Waals surface area contributed by atoms with E-state index in [1.807, 2.05) is 10.9 Å². The number of nitro benzene ring substituents is 2. The van der Waals surface area contributed by atoms with Gasteiger partial charge in [0.15, 0.2) is 5.76 Å². The van der Waals surface area contributed by atoms with Gasteiger partial charge in [-0.2, -0.15) is 0 Å². The molecule has 0 aliphatic heterocycles. The number of rotatable bonds is 4. The maximum atomic E-state index is 11.9. The first kappa shape index (κ1) is 15.6. The molecule has 2 aromatic rings. The predicted molar refractivity (Wildman–Crippen MR) is 73.4 cm³/mol. The van der Waals surface area contributed by atoms with E-state index >= 15 is 0 Å². The molecule has 1 heterocycles. The molecule has 11 heteroatoms. The van der Waals surface area contributed by atoms with Gasteiger partial charge in [0.2, 0.25) is 0 Å². The van der Waals surface area contributed by atoms with Crippen LogP contribution in [-0.2, 0) is 0 Å². The number of amides is 2. The van der Waals surface area contributed by atoms with Gasteiger partial charge >= 0.3 is 5.91 Å². The van der Waals surface area contributed by atoms with Crippen molar-refractivity contribution in [2.45, 2.75) is 0 Å². The second kappa shape index (κ2) is 6.34. The maximum Gasteiger partial charge on any atom is 0.305 e. The number of nitrogens with zero attached hydrogens (tertiary/aromatic N) is 2. The molecule has 2 rings (SSSR count). The average Bonchev–Trinajstić information content (AvgIpc) is 3.06. The van der Waals surface area contributed by atoms with E-state index in [0.29, 0.717) is 0 Å². The Morgan fingerprint density at radius 2 is 1.52 bits per heavy atom. The van der Waals surface area contributed by atoms with Crippen LogP contribution in [0.15, 0.2) is 41.0 Å². The zero-order chi connectivity index (χ0) is 17.0. The molecule has 0 fully saturated rings. The number of non-ortho nitro benzene ring substituents is 2. The Labute approximate surface area is 127 Å². The van der Waals surface area contributed by atoms with E-state index in [4.69, 9.17) is 4.42 Å². The Hall–Kier alpha value is -3.76. The van der Waals surface area contributed by atoms with E-state index in [-0.39, 0.29) is 11.3 Å².